The van der Waals surface area contributed by atoms with Crippen LogP contribution in [0.3, 0.4) is 0 Å². The van der Waals surface area contributed by atoms with Gasteiger partial charge in [-0.1, -0.05) is 6.07 Å². The van der Waals surface area contributed by atoms with E-state index in [2.05, 4.69) is 27.9 Å². The Morgan fingerprint density at radius 3 is 2.42 bits per heavy atom. The number of hydrogen-bond donors (Lipinski definition) is 1. The first-order valence-electron chi connectivity index (χ1n) is 5.54. The number of carbonyl (C=O) groups is 1. The molecular formula is C14H10F2INO. The number of carbonyl (C=O) groups excluding carboxylic acids is 1. The first-order chi connectivity index (χ1) is 9.06. The molecule has 0 spiro atoms. The van der Waals surface area contributed by atoms with Crippen molar-refractivity contribution in [2.75, 3.05) is 0 Å². The van der Waals surface area contributed by atoms with Crippen LogP contribution in [0.25, 0.3) is 0 Å². The van der Waals surface area contributed by atoms with Gasteiger partial charge in [0.15, 0.2) is 0 Å². The van der Waals surface area contributed by atoms with E-state index in [4.69, 9.17) is 0 Å². The van der Waals surface area contributed by atoms with E-state index in [1.165, 1.54) is 6.07 Å². The second-order valence-corrected chi connectivity index (χ2v) is 5.17. The molecule has 0 unspecified atom stereocenters. The molecule has 1 N–H and O–H groups in total. The second kappa shape index (κ2) is 6.10. The smallest absolute Gasteiger partial charge is 0.251 e. The molecule has 2 rings (SSSR count). The van der Waals surface area contributed by atoms with Gasteiger partial charge in [0.25, 0.3) is 5.91 Å². The SMILES string of the molecule is O=C(NCc1ccc(F)cc1F)c1ccc(I)cc1. The third-order valence-electron chi connectivity index (χ3n) is 2.56. The van der Waals surface area contributed by atoms with Gasteiger partial charge in [0.1, 0.15) is 11.6 Å². The lowest BCUT2D eigenvalue weighted by molar-refractivity contribution is 0.0950. The van der Waals surface area contributed by atoms with Crippen LogP contribution < -0.4 is 5.32 Å². The average molecular weight is 373 g/mol. The normalized spacial score (nSPS) is 10.3. The number of hydrogen-bond acceptors (Lipinski definition) is 1. The highest BCUT2D eigenvalue weighted by atomic mass is 127. The van der Waals surface area contributed by atoms with Gasteiger partial charge in [-0.3, -0.25) is 4.79 Å². The maximum atomic E-state index is 13.4. The van der Waals surface area contributed by atoms with Gasteiger partial charge in [0.2, 0.25) is 0 Å². The zero-order valence-corrected chi connectivity index (χ0v) is 11.9. The summed E-state index contributed by atoms with van der Waals surface area (Å²) < 4.78 is 27.1. The molecule has 2 nitrogen and oxygen atoms in total. The maximum Gasteiger partial charge on any atom is 0.251 e. The predicted molar refractivity (Wildman–Crippen MR) is 76.7 cm³/mol. The number of benzene rings is 2. The molecule has 0 aliphatic heterocycles. The minimum absolute atomic E-state index is 0.0247. The number of halogens is 3. The topological polar surface area (TPSA) is 29.1 Å². The number of nitrogens with one attached hydrogen (secondary N) is 1. The third kappa shape index (κ3) is 3.73. The molecule has 0 bridgehead atoms. The van der Waals surface area contributed by atoms with Crippen molar-refractivity contribution >= 4 is 28.5 Å². The van der Waals surface area contributed by atoms with Gasteiger partial charge >= 0.3 is 0 Å². The average Bonchev–Trinajstić information content (AvgIpc) is 2.38. The van der Waals surface area contributed by atoms with Crippen molar-refractivity contribution in [3.8, 4) is 0 Å². The van der Waals surface area contributed by atoms with Gasteiger partial charge < -0.3 is 5.32 Å². The molecule has 2 aromatic rings. The standard InChI is InChI=1S/C14H10F2INO/c15-11-4-1-10(13(16)7-11)8-18-14(19)9-2-5-12(17)6-3-9/h1-7H,8H2,(H,18,19). The van der Waals surface area contributed by atoms with Crippen LogP contribution in [0.2, 0.25) is 0 Å². The molecule has 0 atom stereocenters. The zero-order valence-electron chi connectivity index (χ0n) is 9.79. The Bertz CT molecular complexity index is 599. The molecule has 0 heterocycles. The fourth-order valence-electron chi connectivity index (χ4n) is 1.54. The van der Waals surface area contributed by atoms with E-state index in [1.807, 2.05) is 12.1 Å². The van der Waals surface area contributed by atoms with Crippen LogP contribution >= 0.6 is 22.6 Å². The summed E-state index contributed by atoms with van der Waals surface area (Å²) in [7, 11) is 0. The van der Waals surface area contributed by atoms with Gasteiger partial charge in [-0.25, -0.2) is 8.78 Å². The number of rotatable bonds is 3. The highest BCUT2D eigenvalue weighted by molar-refractivity contribution is 14.1. The first kappa shape index (κ1) is 13.9. The summed E-state index contributed by atoms with van der Waals surface area (Å²) in [5, 5.41) is 2.59. The predicted octanol–water partition coefficient (Wildman–Crippen LogP) is 3.50. The van der Waals surface area contributed by atoms with Gasteiger partial charge in [-0.2, -0.15) is 0 Å². The minimum atomic E-state index is -0.664. The van der Waals surface area contributed by atoms with E-state index in [0.29, 0.717) is 5.56 Å². The largest absolute Gasteiger partial charge is 0.348 e. The molecule has 0 saturated heterocycles. The van der Waals surface area contributed by atoms with Crippen LogP contribution in [0.15, 0.2) is 42.5 Å². The van der Waals surface area contributed by atoms with Crippen molar-refractivity contribution in [2.24, 2.45) is 0 Å². The summed E-state index contributed by atoms with van der Waals surface area (Å²) in [6.07, 6.45) is 0. The van der Waals surface area contributed by atoms with E-state index in [0.717, 1.165) is 15.7 Å². The molecule has 2 aromatic carbocycles. The van der Waals surface area contributed by atoms with Crippen molar-refractivity contribution in [1.29, 1.82) is 0 Å². The summed E-state index contributed by atoms with van der Waals surface area (Å²) in [4.78, 5) is 11.8. The highest BCUT2D eigenvalue weighted by Gasteiger charge is 2.07. The van der Waals surface area contributed by atoms with E-state index in [1.54, 1.807) is 12.1 Å². The van der Waals surface area contributed by atoms with E-state index in [9.17, 15) is 13.6 Å². The lowest BCUT2D eigenvalue weighted by Gasteiger charge is -2.06. The van der Waals surface area contributed by atoms with Crippen molar-refractivity contribution in [3.05, 3.63) is 68.8 Å². The zero-order chi connectivity index (χ0) is 13.8. The van der Waals surface area contributed by atoms with Gasteiger partial charge in [-0.15, -0.1) is 0 Å². The van der Waals surface area contributed by atoms with Crippen LogP contribution in [-0.2, 0) is 6.54 Å². The fraction of sp³-hybridized carbons (Fsp3) is 0.0714. The monoisotopic (exact) mass is 373 g/mol. The first-order valence-corrected chi connectivity index (χ1v) is 6.62. The van der Waals surface area contributed by atoms with Crippen LogP contribution in [0, 0.1) is 15.2 Å². The third-order valence-corrected chi connectivity index (χ3v) is 3.28. The van der Waals surface area contributed by atoms with Crippen molar-refractivity contribution in [3.63, 3.8) is 0 Å². The van der Waals surface area contributed by atoms with Gasteiger partial charge in [-0.05, 0) is 52.9 Å². The fourth-order valence-corrected chi connectivity index (χ4v) is 1.90. The molecule has 0 aliphatic carbocycles. The molecular weight excluding hydrogens is 363 g/mol. The summed E-state index contributed by atoms with van der Waals surface area (Å²) in [6.45, 7) is 0.0247. The molecule has 98 valence electrons. The lowest BCUT2D eigenvalue weighted by Crippen LogP contribution is -2.23. The highest BCUT2D eigenvalue weighted by Crippen LogP contribution is 2.10. The summed E-state index contributed by atoms with van der Waals surface area (Å²) in [5.74, 6) is -1.59. The van der Waals surface area contributed by atoms with Crippen molar-refractivity contribution in [2.45, 2.75) is 6.54 Å². The molecule has 5 heteroatoms. The summed E-state index contributed by atoms with van der Waals surface area (Å²) >= 11 is 2.14. The van der Waals surface area contributed by atoms with Crippen molar-refractivity contribution < 1.29 is 13.6 Å². The Hall–Kier alpha value is -1.50. The van der Waals surface area contributed by atoms with Crippen LogP contribution in [-0.4, -0.2) is 5.91 Å². The molecule has 1 amide bonds. The molecule has 19 heavy (non-hydrogen) atoms. The Morgan fingerprint density at radius 1 is 1.11 bits per heavy atom. The van der Waals surface area contributed by atoms with E-state index < -0.39 is 11.6 Å². The Morgan fingerprint density at radius 2 is 1.79 bits per heavy atom. The summed E-state index contributed by atoms with van der Waals surface area (Å²) in [6, 6.07) is 10.3. The Kier molecular flexibility index (Phi) is 4.47. The van der Waals surface area contributed by atoms with Gasteiger partial charge in [0.05, 0.1) is 0 Å². The molecule has 0 aromatic heterocycles. The van der Waals surface area contributed by atoms with Crippen molar-refractivity contribution in [1.82, 2.24) is 5.32 Å². The minimum Gasteiger partial charge on any atom is -0.348 e. The van der Waals surface area contributed by atoms with Crippen LogP contribution in [0.5, 0.6) is 0 Å². The summed E-state index contributed by atoms with van der Waals surface area (Å²) in [5.41, 5.74) is 0.753. The quantitative estimate of drug-likeness (QED) is 0.820. The molecule has 0 aliphatic rings. The van der Waals surface area contributed by atoms with E-state index >= 15 is 0 Å². The number of amides is 1. The Labute approximate surface area is 123 Å². The second-order valence-electron chi connectivity index (χ2n) is 3.93. The molecule has 0 radical (unpaired) electrons. The lowest BCUT2D eigenvalue weighted by atomic mass is 10.2. The van der Waals surface area contributed by atoms with E-state index in [-0.39, 0.29) is 18.0 Å². The van der Waals surface area contributed by atoms with Crippen LogP contribution in [0.4, 0.5) is 8.78 Å². The van der Waals surface area contributed by atoms with Gasteiger partial charge in [0, 0.05) is 27.3 Å². The molecule has 0 fully saturated rings. The molecule has 0 saturated carbocycles. The van der Waals surface area contributed by atoms with Crippen LogP contribution in [0.1, 0.15) is 15.9 Å². The maximum absolute atomic E-state index is 13.4. The Balaban J connectivity index is 2.02.